The molecule has 186 valence electrons. The number of anilines is 3. The van der Waals surface area contributed by atoms with Crippen molar-refractivity contribution in [1.82, 2.24) is 14.5 Å². The van der Waals surface area contributed by atoms with Crippen LogP contribution in [0.15, 0.2) is 88.7 Å². The number of nitrogens with zero attached hydrogens (tertiary/aromatic N) is 3. The van der Waals surface area contributed by atoms with Gasteiger partial charge in [0.1, 0.15) is 22.3 Å². The number of fused-ring (bicyclic) bond motifs is 1. The number of nitrogens with one attached hydrogen (secondary N) is 1. The van der Waals surface area contributed by atoms with Gasteiger partial charge in [-0.25, -0.2) is 31.7 Å². The van der Waals surface area contributed by atoms with Crippen molar-refractivity contribution >= 4 is 38.4 Å². The first-order valence-electron chi connectivity index (χ1n) is 10.8. The van der Waals surface area contributed by atoms with E-state index >= 15 is 0 Å². The molecule has 5 N–H and O–H groups in total. The van der Waals surface area contributed by atoms with Gasteiger partial charge in [-0.05, 0) is 48.0 Å². The standard InChI is InChI=1S/C25H18F2N6O3S/c26-16-7-9-21(19(27)12-16)32-37(35,36)22-11-15(13-30-23(22)28)14-6-8-20-18(10-14)24(34)33(25(29)31-20)17-4-2-1-3-5-17/h1-13,32H,(H2,28,30)(H2,29,31). The third-order valence-corrected chi connectivity index (χ3v) is 6.98. The lowest BCUT2D eigenvalue weighted by molar-refractivity contribution is 0.583. The maximum Gasteiger partial charge on any atom is 0.267 e. The Kier molecular flexibility index (Phi) is 5.80. The summed E-state index contributed by atoms with van der Waals surface area (Å²) in [5.41, 5.74) is 12.6. The second-order valence-electron chi connectivity index (χ2n) is 8.02. The number of benzene rings is 3. The van der Waals surface area contributed by atoms with Crippen LogP contribution in [0.1, 0.15) is 0 Å². The Balaban J connectivity index is 1.60. The third kappa shape index (κ3) is 4.45. The smallest absolute Gasteiger partial charge is 0.267 e. The number of halogens is 2. The van der Waals surface area contributed by atoms with Crippen LogP contribution in [0.2, 0.25) is 0 Å². The minimum Gasteiger partial charge on any atom is -0.383 e. The maximum absolute atomic E-state index is 14.1. The molecule has 0 aliphatic heterocycles. The highest BCUT2D eigenvalue weighted by Gasteiger charge is 2.22. The molecule has 2 aromatic heterocycles. The zero-order chi connectivity index (χ0) is 26.3. The Morgan fingerprint density at radius 1 is 0.892 bits per heavy atom. The summed E-state index contributed by atoms with van der Waals surface area (Å²) >= 11 is 0. The minimum absolute atomic E-state index is 0.0121. The molecule has 0 aliphatic carbocycles. The van der Waals surface area contributed by atoms with Crippen molar-refractivity contribution in [2.45, 2.75) is 4.90 Å². The van der Waals surface area contributed by atoms with Crippen molar-refractivity contribution in [3.8, 4) is 16.8 Å². The predicted molar refractivity (Wildman–Crippen MR) is 137 cm³/mol. The lowest BCUT2D eigenvalue weighted by Gasteiger charge is -2.13. The van der Waals surface area contributed by atoms with Gasteiger partial charge in [0.25, 0.3) is 15.6 Å². The molecule has 0 saturated carbocycles. The quantitative estimate of drug-likeness (QED) is 0.320. The SMILES string of the molecule is Nc1ncc(-c2ccc3nc(N)n(-c4ccccc4)c(=O)c3c2)cc1S(=O)(=O)Nc1ccc(F)cc1F. The second-order valence-corrected chi connectivity index (χ2v) is 9.67. The first-order valence-corrected chi connectivity index (χ1v) is 12.2. The first-order chi connectivity index (χ1) is 17.6. The van der Waals surface area contributed by atoms with Crippen molar-refractivity contribution in [1.29, 1.82) is 0 Å². The van der Waals surface area contributed by atoms with Gasteiger partial charge >= 0.3 is 0 Å². The van der Waals surface area contributed by atoms with Crippen LogP contribution in [0.25, 0.3) is 27.7 Å². The van der Waals surface area contributed by atoms with Gasteiger partial charge in [-0.3, -0.25) is 9.52 Å². The molecule has 9 nitrogen and oxygen atoms in total. The minimum atomic E-state index is -4.40. The largest absolute Gasteiger partial charge is 0.383 e. The van der Waals surface area contributed by atoms with Crippen LogP contribution < -0.4 is 21.7 Å². The molecule has 0 radical (unpaired) electrons. The van der Waals surface area contributed by atoms with Crippen molar-refractivity contribution in [2.75, 3.05) is 16.2 Å². The molecule has 12 heteroatoms. The highest BCUT2D eigenvalue weighted by atomic mass is 32.2. The summed E-state index contributed by atoms with van der Waals surface area (Å²) < 4.78 is 56.5. The van der Waals surface area contributed by atoms with E-state index in [-0.39, 0.29) is 17.2 Å². The van der Waals surface area contributed by atoms with Gasteiger partial charge in [0, 0.05) is 17.8 Å². The van der Waals surface area contributed by atoms with Crippen LogP contribution in [-0.4, -0.2) is 23.0 Å². The molecular weight excluding hydrogens is 502 g/mol. The van der Waals surface area contributed by atoms with Gasteiger partial charge in [-0.15, -0.1) is 0 Å². The lowest BCUT2D eigenvalue weighted by Crippen LogP contribution is -2.23. The van der Waals surface area contributed by atoms with Crippen LogP contribution >= 0.6 is 0 Å². The molecule has 3 aromatic carbocycles. The van der Waals surface area contributed by atoms with E-state index in [0.717, 1.165) is 12.1 Å². The van der Waals surface area contributed by atoms with Crippen LogP contribution in [0, 0.1) is 11.6 Å². The van der Waals surface area contributed by atoms with Gasteiger partial charge < -0.3 is 11.5 Å². The number of pyridine rings is 1. The van der Waals surface area contributed by atoms with Crippen molar-refractivity contribution in [2.24, 2.45) is 0 Å². The van der Waals surface area contributed by atoms with Crippen LogP contribution in [0.5, 0.6) is 0 Å². The molecular formula is C25H18F2N6O3S. The van der Waals surface area contributed by atoms with E-state index in [1.807, 2.05) is 0 Å². The molecule has 0 saturated heterocycles. The van der Waals surface area contributed by atoms with Crippen LogP contribution in [-0.2, 0) is 10.0 Å². The molecule has 0 bridgehead atoms. The molecule has 0 fully saturated rings. The van der Waals surface area contributed by atoms with Gasteiger partial charge in [0.05, 0.1) is 22.3 Å². The van der Waals surface area contributed by atoms with E-state index < -0.39 is 37.8 Å². The average molecular weight is 521 g/mol. The van der Waals surface area contributed by atoms with Gasteiger partial charge in [-0.2, -0.15) is 0 Å². The summed E-state index contributed by atoms with van der Waals surface area (Å²) in [6.07, 6.45) is 1.34. The normalized spacial score (nSPS) is 11.5. The van der Waals surface area contributed by atoms with Crippen LogP contribution in [0.4, 0.5) is 26.2 Å². The maximum atomic E-state index is 14.1. The number of aromatic nitrogens is 3. The fourth-order valence-corrected chi connectivity index (χ4v) is 4.98. The van der Waals surface area contributed by atoms with Gasteiger partial charge in [-0.1, -0.05) is 24.3 Å². The molecule has 0 spiro atoms. The zero-order valence-electron chi connectivity index (χ0n) is 18.9. The fraction of sp³-hybridized carbons (Fsp3) is 0. The molecule has 0 aliphatic rings. The van der Waals surface area contributed by atoms with Gasteiger partial charge in [0.15, 0.2) is 0 Å². The number of nitrogens with two attached hydrogens (primary N) is 2. The molecule has 37 heavy (non-hydrogen) atoms. The topological polar surface area (TPSA) is 146 Å². The van der Waals surface area contributed by atoms with E-state index in [1.165, 1.54) is 16.8 Å². The van der Waals surface area contributed by atoms with E-state index in [2.05, 4.69) is 14.7 Å². The van der Waals surface area contributed by atoms with Gasteiger partial charge in [0.2, 0.25) is 5.95 Å². The molecule has 2 heterocycles. The Hall–Kier alpha value is -4.84. The lowest BCUT2D eigenvalue weighted by atomic mass is 10.1. The predicted octanol–water partition coefficient (Wildman–Crippen LogP) is 3.69. The molecule has 5 aromatic rings. The monoisotopic (exact) mass is 520 g/mol. The van der Waals surface area contributed by atoms with Crippen LogP contribution in [0.3, 0.4) is 0 Å². The molecule has 0 amide bonds. The zero-order valence-corrected chi connectivity index (χ0v) is 19.7. The number of nitrogen functional groups attached to an aromatic ring is 2. The van der Waals surface area contributed by atoms with Crippen molar-refractivity contribution in [3.63, 3.8) is 0 Å². The Bertz CT molecular complexity index is 1840. The number of sulfonamides is 1. The second kappa shape index (κ2) is 8.99. The number of rotatable bonds is 5. The summed E-state index contributed by atoms with van der Waals surface area (Å²) in [5.74, 6) is -2.27. The Morgan fingerprint density at radius 2 is 1.65 bits per heavy atom. The summed E-state index contributed by atoms with van der Waals surface area (Å²) in [7, 11) is -4.40. The molecule has 0 atom stereocenters. The average Bonchev–Trinajstić information content (AvgIpc) is 2.86. The Morgan fingerprint density at radius 3 is 2.38 bits per heavy atom. The molecule has 5 rings (SSSR count). The number of para-hydroxylation sites is 1. The van der Waals surface area contributed by atoms with E-state index in [4.69, 9.17) is 11.5 Å². The number of hydrogen-bond acceptors (Lipinski definition) is 7. The van der Waals surface area contributed by atoms with Crippen molar-refractivity contribution < 1.29 is 17.2 Å². The molecule has 0 unspecified atom stereocenters. The van der Waals surface area contributed by atoms with Crippen molar-refractivity contribution in [3.05, 3.63) is 101 Å². The van der Waals surface area contributed by atoms with E-state index in [9.17, 15) is 22.0 Å². The third-order valence-electron chi connectivity index (χ3n) is 5.59. The van der Waals surface area contributed by atoms with E-state index in [0.29, 0.717) is 28.4 Å². The summed E-state index contributed by atoms with van der Waals surface area (Å²) in [4.78, 5) is 21.2. The highest BCUT2D eigenvalue weighted by Crippen LogP contribution is 2.29. The summed E-state index contributed by atoms with van der Waals surface area (Å²) in [5, 5.41) is 0.239. The fourth-order valence-electron chi connectivity index (χ4n) is 3.81. The highest BCUT2D eigenvalue weighted by molar-refractivity contribution is 7.92. The summed E-state index contributed by atoms with van der Waals surface area (Å²) in [6.45, 7) is 0. The number of hydrogen-bond donors (Lipinski definition) is 3. The Labute approximate surface area is 209 Å². The van der Waals surface area contributed by atoms with E-state index in [1.54, 1.807) is 48.5 Å². The summed E-state index contributed by atoms with van der Waals surface area (Å²) in [6, 6.07) is 17.2. The first kappa shape index (κ1) is 23.9.